The van der Waals surface area contributed by atoms with Crippen LogP contribution in [0.3, 0.4) is 0 Å². The summed E-state index contributed by atoms with van der Waals surface area (Å²) in [6.45, 7) is 1.42. The normalized spacial score (nSPS) is 17.3. The molecular weight excluding hydrogens is 595 g/mol. The molecule has 2 atom stereocenters. The van der Waals surface area contributed by atoms with Crippen LogP contribution in [0.15, 0.2) is 30.3 Å². The zero-order valence-corrected chi connectivity index (χ0v) is 22.0. The lowest BCUT2D eigenvalue weighted by atomic mass is 10.1. The smallest absolute Gasteiger partial charge is 0.367 e. The van der Waals surface area contributed by atoms with E-state index < -0.39 is 66.1 Å². The lowest BCUT2D eigenvalue weighted by Gasteiger charge is -2.41. The maximum absolute atomic E-state index is 14.7. The van der Waals surface area contributed by atoms with E-state index in [1.54, 1.807) is 16.7 Å². The quantitative estimate of drug-likeness (QED) is 0.365. The van der Waals surface area contributed by atoms with Crippen LogP contribution in [0.5, 0.6) is 0 Å². The Kier molecular flexibility index (Phi) is 10.1. The van der Waals surface area contributed by atoms with Gasteiger partial charge in [0.1, 0.15) is 0 Å². The number of halogens is 10. The predicted octanol–water partition coefficient (Wildman–Crippen LogP) is 5.85. The first kappa shape index (κ1) is 32.3. The third-order valence-electron chi connectivity index (χ3n) is 6.37. The van der Waals surface area contributed by atoms with E-state index in [0.29, 0.717) is 5.69 Å². The highest BCUT2D eigenvalue weighted by molar-refractivity contribution is 6.31. The molecule has 0 bridgehead atoms. The van der Waals surface area contributed by atoms with Crippen molar-refractivity contribution >= 4 is 34.8 Å². The Morgan fingerprint density at radius 2 is 1.73 bits per heavy atom. The molecule has 226 valence electrons. The number of hydrogen-bond acceptors (Lipinski definition) is 4. The number of carbonyl (C=O) groups excluding carboxylic acids is 2. The molecule has 2 aromatic rings. The second kappa shape index (κ2) is 12.8. The first-order valence-corrected chi connectivity index (χ1v) is 12.5. The molecule has 2 amide bonds. The van der Waals surface area contributed by atoms with Gasteiger partial charge in [-0.1, -0.05) is 17.7 Å². The molecule has 1 aliphatic rings. The number of nitrogens with one attached hydrogen (secondary N) is 2. The molecule has 2 aromatic carbocycles. The van der Waals surface area contributed by atoms with E-state index in [1.165, 1.54) is 23.5 Å². The topological polar surface area (TPSA) is 64.7 Å². The molecule has 6 nitrogen and oxygen atoms in total. The van der Waals surface area contributed by atoms with Crippen LogP contribution in [0, 0.1) is 11.6 Å². The molecule has 1 aliphatic heterocycles. The van der Waals surface area contributed by atoms with Gasteiger partial charge < -0.3 is 15.5 Å². The minimum Gasteiger partial charge on any atom is -0.367 e. The monoisotopic (exact) mass is 618 g/mol. The van der Waals surface area contributed by atoms with Gasteiger partial charge in [-0.05, 0) is 31.2 Å². The fourth-order valence-electron chi connectivity index (χ4n) is 4.20. The van der Waals surface area contributed by atoms with Crippen molar-refractivity contribution in [1.82, 2.24) is 10.2 Å². The number of benzene rings is 2. The van der Waals surface area contributed by atoms with Crippen molar-refractivity contribution in [3.05, 3.63) is 58.1 Å². The number of rotatable bonds is 8. The van der Waals surface area contributed by atoms with Crippen LogP contribution in [-0.4, -0.2) is 67.5 Å². The number of alkyl halides is 7. The molecule has 16 heteroatoms. The van der Waals surface area contributed by atoms with Gasteiger partial charge in [0.25, 0.3) is 18.0 Å². The highest BCUT2D eigenvalue weighted by atomic mass is 35.5. The van der Waals surface area contributed by atoms with Crippen molar-refractivity contribution in [3.8, 4) is 0 Å². The van der Waals surface area contributed by atoms with Crippen molar-refractivity contribution < 1.29 is 49.1 Å². The van der Waals surface area contributed by atoms with Crippen molar-refractivity contribution in [1.29, 1.82) is 0 Å². The van der Waals surface area contributed by atoms with Gasteiger partial charge in [-0.2, -0.15) is 26.3 Å². The summed E-state index contributed by atoms with van der Waals surface area (Å²) in [7, 11) is 0. The number of anilines is 2. The molecule has 0 unspecified atom stereocenters. The van der Waals surface area contributed by atoms with Crippen molar-refractivity contribution in [2.24, 2.45) is 0 Å². The molecule has 0 aliphatic carbocycles. The number of hydrogen-bond donors (Lipinski definition) is 2. The number of carbonyl (C=O) groups is 2. The molecular formula is C25H24ClF9N4O2. The molecule has 3 rings (SSSR count). The minimum atomic E-state index is -5.48. The fourth-order valence-corrected chi connectivity index (χ4v) is 4.37. The van der Waals surface area contributed by atoms with Crippen molar-refractivity contribution in [2.75, 3.05) is 36.4 Å². The summed E-state index contributed by atoms with van der Waals surface area (Å²) in [5.41, 5.74) is -0.875. The highest BCUT2D eigenvalue weighted by Crippen LogP contribution is 2.32. The van der Waals surface area contributed by atoms with E-state index in [9.17, 15) is 49.1 Å². The number of amides is 2. The van der Waals surface area contributed by atoms with Gasteiger partial charge in [0.05, 0.1) is 23.4 Å². The summed E-state index contributed by atoms with van der Waals surface area (Å²) in [5.74, 6) is -6.49. The maximum Gasteiger partial charge on any atom is 0.428 e. The molecule has 1 fully saturated rings. The maximum atomic E-state index is 14.7. The van der Waals surface area contributed by atoms with Gasteiger partial charge in [0.2, 0.25) is 0 Å². The summed E-state index contributed by atoms with van der Waals surface area (Å²) >= 11 is 6.11. The largest absolute Gasteiger partial charge is 0.428 e. The third kappa shape index (κ3) is 8.41. The summed E-state index contributed by atoms with van der Waals surface area (Å²) in [4.78, 5) is 27.6. The summed E-state index contributed by atoms with van der Waals surface area (Å²) in [5, 5.41) is 4.23. The van der Waals surface area contributed by atoms with Crippen LogP contribution >= 0.6 is 11.6 Å². The summed E-state index contributed by atoms with van der Waals surface area (Å²) < 4.78 is 117. The SMILES string of the molecule is C[C@@H]1CN(c2cc(Cl)ccc2NC(=O)c2ccc(CNC(=O)[C@@H](F)C(F)(F)F)c(F)c2F)CCN1CCC(F)(F)F. The molecule has 41 heavy (non-hydrogen) atoms. The second-order valence-electron chi connectivity index (χ2n) is 9.33. The predicted molar refractivity (Wildman–Crippen MR) is 132 cm³/mol. The number of nitrogens with zero attached hydrogens (tertiary/aromatic N) is 2. The molecule has 1 heterocycles. The Balaban J connectivity index is 1.73. The first-order valence-electron chi connectivity index (χ1n) is 12.1. The Bertz CT molecular complexity index is 1270. The van der Waals surface area contributed by atoms with Gasteiger partial charge in [-0.15, -0.1) is 0 Å². The standard InChI is InChI=1S/C25H24ClF9N4O2/c1-13-12-39(9-8-38(13)7-6-24(30,31)32)18-10-15(26)3-5-17(18)37-22(40)16-4-2-14(19(27)20(16)28)11-36-23(41)21(29)25(33,34)35/h2-5,10,13,21H,6-9,11-12H2,1H3,(H,36,41)(H,37,40)/t13-,21-/m1/s1. The Hall–Kier alpha value is -3.20. The van der Waals surface area contributed by atoms with Crippen LogP contribution in [0.4, 0.5) is 50.9 Å². The molecule has 0 radical (unpaired) electrons. The second-order valence-corrected chi connectivity index (χ2v) is 9.77. The summed E-state index contributed by atoms with van der Waals surface area (Å²) in [6, 6.07) is 5.71. The molecule has 0 saturated carbocycles. The van der Waals surface area contributed by atoms with Crippen molar-refractivity contribution in [2.45, 2.75) is 44.5 Å². The lowest BCUT2D eigenvalue weighted by molar-refractivity contribution is -0.186. The van der Waals surface area contributed by atoms with Gasteiger partial charge >= 0.3 is 12.4 Å². The zero-order chi connectivity index (χ0) is 30.7. The minimum absolute atomic E-state index is 0.146. The van der Waals surface area contributed by atoms with E-state index in [1.807, 2.05) is 0 Å². The van der Waals surface area contributed by atoms with Gasteiger partial charge in [-0.3, -0.25) is 14.5 Å². The lowest BCUT2D eigenvalue weighted by Crippen LogP contribution is -2.52. The summed E-state index contributed by atoms with van der Waals surface area (Å²) in [6.07, 6.45) is -14.6. The Morgan fingerprint density at radius 1 is 1.05 bits per heavy atom. The zero-order valence-electron chi connectivity index (χ0n) is 21.3. The van der Waals surface area contributed by atoms with Crippen LogP contribution in [0.2, 0.25) is 5.02 Å². The van der Waals surface area contributed by atoms with E-state index in [2.05, 4.69) is 5.32 Å². The molecule has 2 N–H and O–H groups in total. The Morgan fingerprint density at radius 3 is 2.34 bits per heavy atom. The van der Waals surface area contributed by atoms with Gasteiger partial charge in [0.15, 0.2) is 11.6 Å². The molecule has 1 saturated heterocycles. The van der Waals surface area contributed by atoms with E-state index in [0.717, 1.165) is 12.1 Å². The van der Waals surface area contributed by atoms with Crippen LogP contribution in [0.1, 0.15) is 29.3 Å². The van der Waals surface area contributed by atoms with Crippen LogP contribution < -0.4 is 15.5 Å². The van der Waals surface area contributed by atoms with E-state index >= 15 is 0 Å². The van der Waals surface area contributed by atoms with E-state index in [-0.39, 0.29) is 42.9 Å². The van der Waals surface area contributed by atoms with E-state index in [4.69, 9.17) is 11.6 Å². The van der Waals surface area contributed by atoms with Gasteiger partial charge in [0, 0.05) is 49.4 Å². The Labute approximate surface area is 233 Å². The van der Waals surface area contributed by atoms with Crippen LogP contribution in [0.25, 0.3) is 0 Å². The fraction of sp³-hybridized carbons (Fsp3) is 0.440. The van der Waals surface area contributed by atoms with Crippen LogP contribution in [-0.2, 0) is 11.3 Å². The average molecular weight is 619 g/mol. The third-order valence-corrected chi connectivity index (χ3v) is 6.61. The average Bonchev–Trinajstić information content (AvgIpc) is 2.88. The number of piperazine rings is 1. The van der Waals surface area contributed by atoms with Crippen molar-refractivity contribution in [3.63, 3.8) is 0 Å². The van der Waals surface area contributed by atoms with Gasteiger partial charge in [-0.25, -0.2) is 13.2 Å². The molecule has 0 spiro atoms. The first-order chi connectivity index (χ1) is 19.0. The molecule has 0 aromatic heterocycles. The highest BCUT2D eigenvalue weighted by Gasteiger charge is 2.45.